The average Bonchev–Trinajstić information content (AvgIpc) is 2.92. The molecular formula is C13H14N4O3S2. The van der Waals surface area contributed by atoms with Crippen LogP contribution in [0.5, 0.6) is 0 Å². The van der Waals surface area contributed by atoms with E-state index in [-0.39, 0.29) is 17.6 Å². The van der Waals surface area contributed by atoms with E-state index in [1.807, 2.05) is 0 Å². The molecule has 0 aliphatic rings. The number of hydrogen-bond acceptors (Lipinski definition) is 8. The van der Waals surface area contributed by atoms with Gasteiger partial charge >= 0.3 is 5.97 Å². The maximum Gasteiger partial charge on any atom is 0.338 e. The molecule has 116 valence electrons. The molecule has 1 aromatic heterocycles. The first-order valence-electron chi connectivity index (χ1n) is 6.37. The number of amides is 1. The largest absolute Gasteiger partial charge is 0.462 e. The maximum atomic E-state index is 11.8. The van der Waals surface area contributed by atoms with Crippen LogP contribution in [0.1, 0.15) is 17.3 Å². The smallest absolute Gasteiger partial charge is 0.338 e. The van der Waals surface area contributed by atoms with E-state index in [2.05, 4.69) is 15.5 Å². The molecule has 2 aromatic rings. The van der Waals surface area contributed by atoms with Crippen LogP contribution in [0.2, 0.25) is 0 Å². The predicted octanol–water partition coefficient (Wildman–Crippen LogP) is 2.03. The summed E-state index contributed by atoms with van der Waals surface area (Å²) in [4.78, 5) is 23.3. The molecular weight excluding hydrogens is 324 g/mol. The zero-order chi connectivity index (χ0) is 15.9. The van der Waals surface area contributed by atoms with E-state index in [1.54, 1.807) is 31.2 Å². The number of carbonyl (C=O) groups is 2. The molecule has 2 rings (SSSR count). The lowest BCUT2D eigenvalue weighted by atomic mass is 10.2. The highest BCUT2D eigenvalue weighted by Crippen LogP contribution is 2.23. The van der Waals surface area contributed by atoms with Gasteiger partial charge in [-0.15, -0.1) is 10.2 Å². The van der Waals surface area contributed by atoms with Crippen molar-refractivity contribution in [2.24, 2.45) is 0 Å². The van der Waals surface area contributed by atoms with E-state index in [4.69, 9.17) is 10.5 Å². The summed E-state index contributed by atoms with van der Waals surface area (Å²) in [6, 6.07) is 6.51. The van der Waals surface area contributed by atoms with Crippen LogP contribution in [0.15, 0.2) is 28.6 Å². The minimum absolute atomic E-state index is 0.178. The van der Waals surface area contributed by atoms with Crippen molar-refractivity contribution in [3.63, 3.8) is 0 Å². The van der Waals surface area contributed by atoms with Crippen molar-refractivity contribution in [3.05, 3.63) is 29.8 Å². The summed E-state index contributed by atoms with van der Waals surface area (Å²) < 4.78 is 5.53. The minimum Gasteiger partial charge on any atom is -0.462 e. The lowest BCUT2D eigenvalue weighted by Gasteiger charge is -2.05. The summed E-state index contributed by atoms with van der Waals surface area (Å²) in [5, 5.41) is 10.6. The monoisotopic (exact) mass is 338 g/mol. The molecule has 0 aliphatic heterocycles. The SMILES string of the molecule is CCOC(=O)c1ccc(NC(=O)CSc2nnc(N)s2)cc1. The Labute approximate surface area is 135 Å². The van der Waals surface area contributed by atoms with Gasteiger partial charge in [-0.25, -0.2) is 4.79 Å². The third-order valence-corrected chi connectivity index (χ3v) is 4.31. The molecule has 0 fully saturated rings. The van der Waals surface area contributed by atoms with Crippen LogP contribution in [-0.4, -0.2) is 34.4 Å². The Bertz CT molecular complexity index is 658. The van der Waals surface area contributed by atoms with Crippen molar-refractivity contribution in [2.75, 3.05) is 23.4 Å². The van der Waals surface area contributed by atoms with Gasteiger partial charge in [-0.05, 0) is 31.2 Å². The van der Waals surface area contributed by atoms with Crippen molar-refractivity contribution < 1.29 is 14.3 Å². The van der Waals surface area contributed by atoms with Crippen LogP contribution in [-0.2, 0) is 9.53 Å². The summed E-state index contributed by atoms with van der Waals surface area (Å²) >= 11 is 2.49. The van der Waals surface area contributed by atoms with E-state index < -0.39 is 0 Å². The summed E-state index contributed by atoms with van der Waals surface area (Å²) in [6.07, 6.45) is 0. The highest BCUT2D eigenvalue weighted by Gasteiger charge is 2.09. The van der Waals surface area contributed by atoms with Crippen molar-refractivity contribution in [2.45, 2.75) is 11.3 Å². The van der Waals surface area contributed by atoms with E-state index in [0.29, 0.717) is 27.3 Å². The summed E-state index contributed by atoms with van der Waals surface area (Å²) in [5.74, 6) is -0.360. The standard InChI is InChI=1S/C13H14N4O3S2/c1-2-20-11(19)8-3-5-9(6-4-8)15-10(18)7-21-13-17-16-12(14)22-13/h3-6H,2,7H2,1H3,(H2,14,16)(H,15,18). The summed E-state index contributed by atoms with van der Waals surface area (Å²) in [5.41, 5.74) is 6.51. The molecule has 9 heteroatoms. The average molecular weight is 338 g/mol. The van der Waals surface area contributed by atoms with Crippen molar-refractivity contribution in [1.29, 1.82) is 0 Å². The van der Waals surface area contributed by atoms with Crippen LogP contribution >= 0.6 is 23.1 Å². The molecule has 0 aliphatic carbocycles. The van der Waals surface area contributed by atoms with Crippen LogP contribution in [0.3, 0.4) is 0 Å². The minimum atomic E-state index is -0.384. The van der Waals surface area contributed by atoms with Crippen LogP contribution < -0.4 is 11.1 Å². The van der Waals surface area contributed by atoms with Crippen molar-refractivity contribution in [1.82, 2.24) is 10.2 Å². The molecule has 0 saturated heterocycles. The summed E-state index contributed by atoms with van der Waals surface area (Å²) in [6.45, 7) is 2.07. The van der Waals surface area contributed by atoms with E-state index >= 15 is 0 Å². The topological polar surface area (TPSA) is 107 Å². The summed E-state index contributed by atoms with van der Waals surface area (Å²) in [7, 11) is 0. The number of nitrogens with two attached hydrogens (primary N) is 1. The number of nitrogens with zero attached hydrogens (tertiary/aromatic N) is 2. The molecule has 1 aromatic carbocycles. The predicted molar refractivity (Wildman–Crippen MR) is 86.1 cm³/mol. The van der Waals surface area contributed by atoms with Crippen LogP contribution in [0.25, 0.3) is 0 Å². The van der Waals surface area contributed by atoms with E-state index in [1.165, 1.54) is 23.1 Å². The maximum absolute atomic E-state index is 11.8. The number of thioether (sulfide) groups is 1. The van der Waals surface area contributed by atoms with Gasteiger partial charge in [0.05, 0.1) is 17.9 Å². The lowest BCUT2D eigenvalue weighted by molar-refractivity contribution is -0.113. The normalized spacial score (nSPS) is 10.2. The van der Waals surface area contributed by atoms with Gasteiger partial charge < -0.3 is 15.8 Å². The molecule has 0 bridgehead atoms. The molecule has 22 heavy (non-hydrogen) atoms. The molecule has 0 unspecified atom stereocenters. The molecule has 1 heterocycles. The van der Waals surface area contributed by atoms with Gasteiger partial charge in [-0.3, -0.25) is 4.79 Å². The quantitative estimate of drug-likeness (QED) is 0.613. The number of nitrogens with one attached hydrogen (secondary N) is 1. The Hall–Kier alpha value is -2.13. The Morgan fingerprint density at radius 3 is 2.64 bits per heavy atom. The Morgan fingerprint density at radius 1 is 1.32 bits per heavy atom. The van der Waals surface area contributed by atoms with Crippen LogP contribution in [0, 0.1) is 0 Å². The van der Waals surface area contributed by atoms with Crippen LogP contribution in [0.4, 0.5) is 10.8 Å². The number of rotatable bonds is 6. The molecule has 0 saturated carbocycles. The second-order valence-electron chi connectivity index (χ2n) is 4.04. The molecule has 0 spiro atoms. The molecule has 7 nitrogen and oxygen atoms in total. The fourth-order valence-corrected chi connectivity index (χ4v) is 2.94. The first-order valence-corrected chi connectivity index (χ1v) is 8.17. The number of hydrogen-bond donors (Lipinski definition) is 2. The van der Waals surface area contributed by atoms with Gasteiger partial charge in [0.1, 0.15) is 0 Å². The van der Waals surface area contributed by atoms with Gasteiger partial charge in [-0.1, -0.05) is 23.1 Å². The molecule has 1 amide bonds. The van der Waals surface area contributed by atoms with E-state index in [9.17, 15) is 9.59 Å². The zero-order valence-corrected chi connectivity index (χ0v) is 13.4. The third kappa shape index (κ3) is 4.71. The molecule has 0 atom stereocenters. The number of esters is 1. The van der Waals surface area contributed by atoms with Gasteiger partial charge in [0.15, 0.2) is 4.34 Å². The Kier molecular flexibility index (Phi) is 5.73. The van der Waals surface area contributed by atoms with Gasteiger partial charge in [-0.2, -0.15) is 0 Å². The lowest BCUT2D eigenvalue weighted by Crippen LogP contribution is -2.14. The number of carbonyl (C=O) groups excluding carboxylic acids is 2. The number of ether oxygens (including phenoxy) is 1. The Morgan fingerprint density at radius 2 is 2.05 bits per heavy atom. The number of anilines is 2. The number of benzene rings is 1. The first-order chi connectivity index (χ1) is 10.6. The molecule has 0 radical (unpaired) electrons. The fourth-order valence-electron chi connectivity index (χ4n) is 1.51. The highest BCUT2D eigenvalue weighted by atomic mass is 32.2. The van der Waals surface area contributed by atoms with Gasteiger partial charge in [0.2, 0.25) is 11.0 Å². The van der Waals surface area contributed by atoms with Crippen molar-refractivity contribution >= 4 is 45.8 Å². The second kappa shape index (κ2) is 7.76. The van der Waals surface area contributed by atoms with Gasteiger partial charge in [0, 0.05) is 5.69 Å². The fraction of sp³-hybridized carbons (Fsp3) is 0.231. The number of aromatic nitrogens is 2. The second-order valence-corrected chi connectivity index (χ2v) is 6.27. The number of nitrogen functional groups attached to an aromatic ring is 1. The van der Waals surface area contributed by atoms with E-state index in [0.717, 1.165) is 0 Å². The third-order valence-electron chi connectivity index (χ3n) is 2.43. The van der Waals surface area contributed by atoms with Gasteiger partial charge in [0.25, 0.3) is 0 Å². The molecule has 3 N–H and O–H groups in total. The zero-order valence-electron chi connectivity index (χ0n) is 11.7. The first kappa shape index (κ1) is 16.2. The Balaban J connectivity index is 1.85. The van der Waals surface area contributed by atoms with Crippen molar-refractivity contribution in [3.8, 4) is 0 Å². The highest BCUT2D eigenvalue weighted by molar-refractivity contribution is 8.01.